The molecule has 10 rings (SSSR count). The molecule has 0 saturated carbocycles. The molecule has 0 radical (unpaired) electrons. The monoisotopic (exact) mass is 608 g/mol. The maximum absolute atomic E-state index is 2.50. The zero-order valence-corrected chi connectivity index (χ0v) is 27.0. The van der Waals surface area contributed by atoms with E-state index in [1.54, 1.807) is 0 Å². The molecule has 1 aliphatic rings. The molecule has 0 atom stereocenters. The Balaban J connectivity index is 1.36. The maximum Gasteiger partial charge on any atom is -0.00114 e. The molecule has 0 heterocycles. The molecule has 0 amide bonds. The highest BCUT2D eigenvalue weighted by Gasteiger charge is 2.28. The minimum atomic E-state index is 1.24. The number of benzene rings is 9. The highest BCUT2D eigenvalue weighted by molar-refractivity contribution is 6.30. The van der Waals surface area contributed by atoms with Crippen molar-refractivity contribution in [3.8, 4) is 55.6 Å². The molecule has 0 spiro atoms. The van der Waals surface area contributed by atoms with Crippen LogP contribution >= 0.6 is 0 Å². The summed E-state index contributed by atoms with van der Waals surface area (Å²) in [5.41, 5.74) is 15.6. The van der Waals surface area contributed by atoms with Gasteiger partial charge >= 0.3 is 0 Å². The summed E-state index contributed by atoms with van der Waals surface area (Å²) in [7, 11) is 0. The Morgan fingerprint density at radius 1 is 0.312 bits per heavy atom. The second-order valence-electron chi connectivity index (χ2n) is 13.4. The van der Waals surface area contributed by atoms with Crippen molar-refractivity contribution in [2.24, 2.45) is 0 Å². The summed E-state index contributed by atoms with van der Waals surface area (Å²) in [5, 5.41) is 10.4. The third-order valence-corrected chi connectivity index (χ3v) is 10.5. The van der Waals surface area contributed by atoms with Crippen molar-refractivity contribution in [3.05, 3.63) is 169 Å². The van der Waals surface area contributed by atoms with Gasteiger partial charge in [-0.1, -0.05) is 139 Å². The SMILES string of the molecule is Cc1cc(C)c2c(c1)-c1cc3c4ccc(-c5ccccc5)cc4c(-c4ccc5ccccc5c4)cc3c3ccc(-c4ccccc4)c-2c13. The van der Waals surface area contributed by atoms with Crippen LogP contribution in [-0.4, -0.2) is 0 Å². The summed E-state index contributed by atoms with van der Waals surface area (Å²) in [6.07, 6.45) is 0. The van der Waals surface area contributed by atoms with Crippen LogP contribution in [0.5, 0.6) is 0 Å². The summed E-state index contributed by atoms with van der Waals surface area (Å²) in [4.78, 5) is 0. The van der Waals surface area contributed by atoms with Gasteiger partial charge in [-0.3, -0.25) is 0 Å². The minimum Gasteiger partial charge on any atom is -0.0622 e. The largest absolute Gasteiger partial charge is 0.0622 e. The van der Waals surface area contributed by atoms with Gasteiger partial charge < -0.3 is 0 Å². The highest BCUT2D eigenvalue weighted by Crippen LogP contribution is 2.55. The van der Waals surface area contributed by atoms with Crippen LogP contribution in [0.1, 0.15) is 11.1 Å². The molecule has 0 aromatic heterocycles. The van der Waals surface area contributed by atoms with E-state index in [9.17, 15) is 0 Å². The molecule has 0 aliphatic heterocycles. The number of rotatable bonds is 3. The number of fused-ring (bicyclic) bond motifs is 8. The topological polar surface area (TPSA) is 0 Å². The van der Waals surface area contributed by atoms with Gasteiger partial charge in [0, 0.05) is 0 Å². The molecular weight excluding hydrogens is 577 g/mol. The Bertz CT molecular complexity index is 2770. The average molecular weight is 609 g/mol. The van der Waals surface area contributed by atoms with E-state index in [4.69, 9.17) is 0 Å². The highest BCUT2D eigenvalue weighted by atomic mass is 14.3. The lowest BCUT2D eigenvalue weighted by molar-refractivity contribution is 1.39. The first-order chi connectivity index (χ1) is 23.6. The first-order valence-electron chi connectivity index (χ1n) is 16.8. The first kappa shape index (κ1) is 27.2. The van der Waals surface area contributed by atoms with E-state index < -0.39 is 0 Å². The molecule has 0 fully saturated rings. The smallest absolute Gasteiger partial charge is 0.00114 e. The molecule has 0 heteroatoms. The van der Waals surface area contributed by atoms with Crippen molar-refractivity contribution in [3.63, 3.8) is 0 Å². The van der Waals surface area contributed by atoms with E-state index in [1.807, 2.05) is 0 Å². The number of hydrogen-bond acceptors (Lipinski definition) is 0. The van der Waals surface area contributed by atoms with Gasteiger partial charge in [-0.05, 0) is 142 Å². The molecule has 0 bridgehead atoms. The molecule has 224 valence electrons. The van der Waals surface area contributed by atoms with Gasteiger partial charge in [0.05, 0.1) is 0 Å². The van der Waals surface area contributed by atoms with Crippen LogP contribution < -0.4 is 0 Å². The van der Waals surface area contributed by atoms with Crippen LogP contribution in [0, 0.1) is 13.8 Å². The van der Waals surface area contributed by atoms with Crippen molar-refractivity contribution in [2.75, 3.05) is 0 Å². The lowest BCUT2D eigenvalue weighted by Gasteiger charge is -2.17. The third-order valence-electron chi connectivity index (χ3n) is 10.5. The van der Waals surface area contributed by atoms with Crippen molar-refractivity contribution >= 4 is 43.1 Å². The number of hydrogen-bond donors (Lipinski definition) is 0. The zero-order chi connectivity index (χ0) is 31.9. The summed E-state index contributed by atoms with van der Waals surface area (Å²) >= 11 is 0. The molecule has 1 aliphatic carbocycles. The number of aryl methyl sites for hydroxylation is 2. The lowest BCUT2D eigenvalue weighted by Crippen LogP contribution is -1.90. The van der Waals surface area contributed by atoms with Crippen LogP contribution in [0.4, 0.5) is 0 Å². The molecular formula is C48H32. The molecule has 0 unspecified atom stereocenters. The summed E-state index contributed by atoms with van der Waals surface area (Å²) in [6, 6.07) is 58.8. The van der Waals surface area contributed by atoms with Crippen LogP contribution in [0.25, 0.3) is 98.7 Å². The van der Waals surface area contributed by atoms with E-state index in [0.717, 1.165) is 0 Å². The molecule has 48 heavy (non-hydrogen) atoms. The van der Waals surface area contributed by atoms with Gasteiger partial charge in [0.1, 0.15) is 0 Å². The van der Waals surface area contributed by atoms with Crippen molar-refractivity contribution in [1.29, 1.82) is 0 Å². The Labute approximate surface area is 280 Å². The van der Waals surface area contributed by atoms with Crippen LogP contribution in [0.3, 0.4) is 0 Å². The van der Waals surface area contributed by atoms with Gasteiger partial charge in [-0.15, -0.1) is 0 Å². The van der Waals surface area contributed by atoms with E-state index in [2.05, 4.69) is 172 Å². The summed E-state index contributed by atoms with van der Waals surface area (Å²) in [5.74, 6) is 0. The van der Waals surface area contributed by atoms with Crippen LogP contribution in [0.2, 0.25) is 0 Å². The molecule has 9 aromatic carbocycles. The van der Waals surface area contributed by atoms with E-state index >= 15 is 0 Å². The van der Waals surface area contributed by atoms with Gasteiger partial charge in [-0.2, -0.15) is 0 Å². The normalized spacial score (nSPS) is 12.0. The molecule has 0 saturated heterocycles. The Morgan fingerprint density at radius 3 is 1.79 bits per heavy atom. The molecule has 9 aromatic rings. The Morgan fingerprint density at radius 2 is 0.979 bits per heavy atom. The standard InChI is InChI=1S/C48H32/c1-29-23-30(2)46-44(24-29)45-28-42-38-20-19-35(31-11-5-3-6-12-31)26-41(38)40(36-18-17-32-13-9-10-16-34(32)25-36)27-43(42)39-22-21-37(48(46)47(39)45)33-14-7-4-8-15-33/h3-28H,1-2H3. The van der Waals surface area contributed by atoms with Crippen molar-refractivity contribution in [2.45, 2.75) is 13.8 Å². The van der Waals surface area contributed by atoms with Crippen molar-refractivity contribution < 1.29 is 0 Å². The van der Waals surface area contributed by atoms with E-state index in [-0.39, 0.29) is 0 Å². The van der Waals surface area contributed by atoms with Gasteiger partial charge in [-0.25, -0.2) is 0 Å². The first-order valence-corrected chi connectivity index (χ1v) is 16.8. The minimum absolute atomic E-state index is 1.24. The summed E-state index contributed by atoms with van der Waals surface area (Å²) < 4.78 is 0. The maximum atomic E-state index is 2.50. The van der Waals surface area contributed by atoms with Gasteiger partial charge in [0.15, 0.2) is 0 Å². The Hall–Kier alpha value is -5.98. The fraction of sp³-hybridized carbons (Fsp3) is 0.0417. The fourth-order valence-electron chi connectivity index (χ4n) is 8.40. The predicted molar refractivity (Wildman–Crippen MR) is 207 cm³/mol. The van der Waals surface area contributed by atoms with Crippen molar-refractivity contribution in [1.82, 2.24) is 0 Å². The Kier molecular flexibility index (Phi) is 5.81. The van der Waals surface area contributed by atoms with Crippen LogP contribution in [-0.2, 0) is 0 Å². The predicted octanol–water partition coefficient (Wildman–Crippen LogP) is 13.6. The molecule has 0 nitrogen and oxygen atoms in total. The van der Waals surface area contributed by atoms with Gasteiger partial charge in [0.25, 0.3) is 0 Å². The quantitative estimate of drug-likeness (QED) is 0.175. The van der Waals surface area contributed by atoms with E-state index in [1.165, 1.54) is 110 Å². The second-order valence-corrected chi connectivity index (χ2v) is 13.4. The lowest BCUT2D eigenvalue weighted by atomic mass is 9.86. The summed E-state index contributed by atoms with van der Waals surface area (Å²) in [6.45, 7) is 4.51. The average Bonchev–Trinajstić information content (AvgIpc) is 3.46. The second kappa shape index (κ2) is 10.3. The fourth-order valence-corrected chi connectivity index (χ4v) is 8.40. The third kappa shape index (κ3) is 3.96. The van der Waals surface area contributed by atoms with Crippen LogP contribution in [0.15, 0.2) is 158 Å². The molecule has 0 N–H and O–H groups in total. The van der Waals surface area contributed by atoms with Gasteiger partial charge in [0.2, 0.25) is 0 Å². The zero-order valence-electron chi connectivity index (χ0n) is 27.0. The van der Waals surface area contributed by atoms with E-state index in [0.29, 0.717) is 0 Å².